The molecule has 2 aromatic carbocycles. The molecule has 1 aliphatic rings. The summed E-state index contributed by atoms with van der Waals surface area (Å²) in [5.74, 6) is -1.45. The Labute approximate surface area is 150 Å². The number of rotatable bonds is 4. The molecular formula is C20H21F3N2O. The normalized spacial score (nSPS) is 18.5. The van der Waals surface area contributed by atoms with Crippen molar-refractivity contribution in [1.29, 1.82) is 0 Å². The summed E-state index contributed by atoms with van der Waals surface area (Å²) in [6.45, 7) is 1.18. The Bertz CT molecular complexity index is 729. The summed E-state index contributed by atoms with van der Waals surface area (Å²) in [4.78, 5) is 14.1. The van der Waals surface area contributed by atoms with Gasteiger partial charge in [0.2, 0.25) is 0 Å². The summed E-state index contributed by atoms with van der Waals surface area (Å²) in [5, 5.41) is 2.81. The average molecular weight is 362 g/mol. The molecule has 3 nitrogen and oxygen atoms in total. The van der Waals surface area contributed by atoms with Crippen LogP contribution in [0, 0.1) is 5.92 Å². The van der Waals surface area contributed by atoms with E-state index in [1.807, 2.05) is 23.1 Å². The first kappa shape index (κ1) is 18.5. The van der Waals surface area contributed by atoms with Crippen LogP contribution >= 0.6 is 0 Å². The molecule has 0 spiro atoms. The molecule has 0 bridgehead atoms. The van der Waals surface area contributed by atoms with Crippen LogP contribution in [-0.2, 0) is 6.54 Å². The number of piperidine rings is 1. The van der Waals surface area contributed by atoms with Crippen molar-refractivity contribution in [3.8, 4) is 0 Å². The first-order chi connectivity index (χ1) is 12.4. The first-order valence-corrected chi connectivity index (χ1v) is 8.66. The van der Waals surface area contributed by atoms with E-state index >= 15 is 0 Å². The molecule has 0 aliphatic carbocycles. The molecule has 0 radical (unpaired) electrons. The van der Waals surface area contributed by atoms with Gasteiger partial charge >= 0.3 is 6.18 Å². The first-order valence-electron chi connectivity index (χ1n) is 8.66. The van der Waals surface area contributed by atoms with E-state index in [9.17, 15) is 18.0 Å². The van der Waals surface area contributed by atoms with Crippen LogP contribution in [-0.4, -0.2) is 30.1 Å². The van der Waals surface area contributed by atoms with Gasteiger partial charge < -0.3 is 5.32 Å². The monoisotopic (exact) mass is 362 g/mol. The lowest BCUT2D eigenvalue weighted by Gasteiger charge is -2.33. The third kappa shape index (κ3) is 4.85. The number of carbonyl (C=O) groups excluding carboxylic acids is 1. The summed E-state index contributed by atoms with van der Waals surface area (Å²) in [7, 11) is 0. The fraction of sp³-hybridized carbons (Fsp3) is 0.350. The van der Waals surface area contributed by atoms with Crippen LogP contribution in [0.15, 0.2) is 54.6 Å². The molecule has 1 N–H and O–H groups in total. The van der Waals surface area contributed by atoms with E-state index in [-0.39, 0.29) is 18.9 Å². The molecule has 1 fully saturated rings. The number of alkyl halides is 3. The van der Waals surface area contributed by atoms with E-state index in [4.69, 9.17) is 0 Å². The van der Waals surface area contributed by atoms with Crippen molar-refractivity contribution in [3.05, 3.63) is 65.7 Å². The molecular weight excluding hydrogens is 341 g/mol. The maximum Gasteiger partial charge on any atom is 0.393 e. The van der Waals surface area contributed by atoms with Gasteiger partial charge in [-0.1, -0.05) is 30.3 Å². The zero-order valence-corrected chi connectivity index (χ0v) is 14.3. The largest absolute Gasteiger partial charge is 0.393 e. The number of benzene rings is 2. The summed E-state index contributed by atoms with van der Waals surface area (Å²) < 4.78 is 38.7. The third-order valence-corrected chi connectivity index (χ3v) is 4.62. The molecule has 1 atom stereocenters. The lowest BCUT2D eigenvalue weighted by Crippen LogP contribution is -2.41. The van der Waals surface area contributed by atoms with E-state index in [1.165, 1.54) is 0 Å². The highest BCUT2D eigenvalue weighted by Gasteiger charge is 2.41. The standard InChI is InChI=1S/C20H21F3N2O/c21-20(22,23)17-5-4-12-25(14-17)13-15-8-10-16(11-9-15)19(26)24-18-6-2-1-3-7-18/h1-3,6-11,17H,4-5,12-14H2,(H,24,26). The van der Waals surface area contributed by atoms with Crippen LogP contribution in [0.25, 0.3) is 0 Å². The minimum Gasteiger partial charge on any atom is -0.322 e. The molecule has 3 rings (SSSR count). The van der Waals surface area contributed by atoms with Crippen LogP contribution in [0.1, 0.15) is 28.8 Å². The second-order valence-electron chi connectivity index (χ2n) is 6.63. The SMILES string of the molecule is O=C(Nc1ccccc1)c1ccc(CN2CCCC(C(F)(F)F)C2)cc1. The fourth-order valence-corrected chi connectivity index (χ4v) is 3.21. The van der Waals surface area contributed by atoms with Gasteiger partial charge in [-0.15, -0.1) is 0 Å². The van der Waals surface area contributed by atoms with Crippen LogP contribution in [0.2, 0.25) is 0 Å². The number of hydrogen-bond acceptors (Lipinski definition) is 2. The number of halogens is 3. The van der Waals surface area contributed by atoms with Crippen molar-refractivity contribution in [2.75, 3.05) is 18.4 Å². The van der Waals surface area contributed by atoms with Crippen molar-refractivity contribution >= 4 is 11.6 Å². The molecule has 26 heavy (non-hydrogen) atoms. The molecule has 0 saturated carbocycles. The topological polar surface area (TPSA) is 32.3 Å². The number of carbonyl (C=O) groups is 1. The molecule has 1 amide bonds. The minimum atomic E-state index is -4.13. The fourth-order valence-electron chi connectivity index (χ4n) is 3.21. The van der Waals surface area contributed by atoms with Gasteiger partial charge in [0, 0.05) is 24.3 Å². The number of nitrogens with one attached hydrogen (secondary N) is 1. The highest BCUT2D eigenvalue weighted by atomic mass is 19.4. The van der Waals surface area contributed by atoms with Gasteiger partial charge in [0.1, 0.15) is 0 Å². The van der Waals surface area contributed by atoms with Crippen molar-refractivity contribution in [3.63, 3.8) is 0 Å². The number of nitrogens with zero attached hydrogens (tertiary/aromatic N) is 1. The number of hydrogen-bond donors (Lipinski definition) is 1. The second-order valence-corrected chi connectivity index (χ2v) is 6.63. The molecule has 6 heteroatoms. The lowest BCUT2D eigenvalue weighted by atomic mass is 9.97. The quantitative estimate of drug-likeness (QED) is 0.854. The van der Waals surface area contributed by atoms with Gasteiger partial charge in [-0.25, -0.2) is 0 Å². The third-order valence-electron chi connectivity index (χ3n) is 4.62. The van der Waals surface area contributed by atoms with Crippen LogP contribution < -0.4 is 5.32 Å². The van der Waals surface area contributed by atoms with Crippen molar-refractivity contribution in [2.45, 2.75) is 25.6 Å². The zero-order valence-electron chi connectivity index (χ0n) is 14.3. The predicted molar refractivity (Wildman–Crippen MR) is 94.9 cm³/mol. The van der Waals surface area contributed by atoms with Gasteiger partial charge in [-0.3, -0.25) is 9.69 Å². The molecule has 1 saturated heterocycles. The van der Waals surface area contributed by atoms with Crippen molar-refractivity contribution in [2.24, 2.45) is 5.92 Å². The van der Waals surface area contributed by atoms with Gasteiger partial charge in [0.05, 0.1) is 5.92 Å². The zero-order chi connectivity index (χ0) is 18.6. The summed E-state index contributed by atoms with van der Waals surface area (Å²) in [5.41, 5.74) is 2.14. The Morgan fingerprint density at radius 1 is 1.08 bits per heavy atom. The summed E-state index contributed by atoms with van der Waals surface area (Å²) in [6, 6.07) is 16.2. The van der Waals surface area contributed by atoms with Crippen molar-refractivity contribution in [1.82, 2.24) is 4.90 Å². The molecule has 1 unspecified atom stereocenters. The molecule has 1 aliphatic heterocycles. The molecule has 0 aromatic heterocycles. The molecule has 138 valence electrons. The van der Waals surface area contributed by atoms with E-state index in [1.54, 1.807) is 36.4 Å². The minimum absolute atomic E-state index is 0.0414. The van der Waals surface area contributed by atoms with Gasteiger partial charge in [0.25, 0.3) is 5.91 Å². The smallest absolute Gasteiger partial charge is 0.322 e. The highest BCUT2D eigenvalue weighted by Crippen LogP contribution is 2.33. The Kier molecular flexibility index (Phi) is 5.61. The number of para-hydroxylation sites is 1. The Morgan fingerprint density at radius 3 is 2.42 bits per heavy atom. The number of amides is 1. The van der Waals surface area contributed by atoms with Crippen molar-refractivity contribution < 1.29 is 18.0 Å². The van der Waals surface area contributed by atoms with E-state index < -0.39 is 12.1 Å². The van der Waals surface area contributed by atoms with Gasteiger partial charge in [-0.2, -0.15) is 13.2 Å². The molecule has 2 aromatic rings. The van der Waals surface area contributed by atoms with E-state index in [0.717, 1.165) is 5.56 Å². The summed E-state index contributed by atoms with van der Waals surface area (Å²) >= 11 is 0. The Balaban J connectivity index is 1.58. The number of anilines is 1. The maximum atomic E-state index is 12.9. The van der Waals surface area contributed by atoms with E-state index in [0.29, 0.717) is 30.8 Å². The average Bonchev–Trinajstić information content (AvgIpc) is 2.63. The summed E-state index contributed by atoms with van der Waals surface area (Å²) in [6.07, 6.45) is -3.36. The van der Waals surface area contributed by atoms with Crippen LogP contribution in [0.5, 0.6) is 0 Å². The molecule has 1 heterocycles. The van der Waals surface area contributed by atoms with Gasteiger partial charge in [0.15, 0.2) is 0 Å². The maximum absolute atomic E-state index is 12.9. The Morgan fingerprint density at radius 2 is 1.77 bits per heavy atom. The number of likely N-dealkylation sites (tertiary alicyclic amines) is 1. The Hall–Kier alpha value is -2.34. The van der Waals surface area contributed by atoms with Crippen LogP contribution in [0.4, 0.5) is 18.9 Å². The van der Waals surface area contributed by atoms with E-state index in [2.05, 4.69) is 5.32 Å². The highest BCUT2D eigenvalue weighted by molar-refractivity contribution is 6.04. The predicted octanol–water partition coefficient (Wildman–Crippen LogP) is 4.71. The lowest BCUT2D eigenvalue weighted by molar-refractivity contribution is -0.187. The van der Waals surface area contributed by atoms with Crippen LogP contribution in [0.3, 0.4) is 0 Å². The van der Waals surface area contributed by atoms with Gasteiger partial charge in [-0.05, 0) is 49.2 Å². The second kappa shape index (κ2) is 7.91.